The molecule has 1 saturated heterocycles. The predicted molar refractivity (Wildman–Crippen MR) is 124 cm³/mol. The van der Waals surface area contributed by atoms with Gasteiger partial charge in [-0.05, 0) is 55.7 Å². The number of hydrogen-bond acceptors (Lipinski definition) is 3. The molecule has 1 aliphatic rings. The molecule has 1 aliphatic heterocycles. The molecule has 31 heavy (non-hydrogen) atoms. The topological polar surface area (TPSA) is 82.3 Å². The highest BCUT2D eigenvalue weighted by Crippen LogP contribution is 2.24. The van der Waals surface area contributed by atoms with Crippen molar-refractivity contribution in [2.45, 2.75) is 25.8 Å². The molecule has 0 aliphatic carbocycles. The fourth-order valence-corrected chi connectivity index (χ4v) is 4.52. The van der Waals surface area contributed by atoms with Gasteiger partial charge in [0, 0.05) is 40.7 Å². The summed E-state index contributed by atoms with van der Waals surface area (Å²) in [5.74, 6) is -1.32. The first-order chi connectivity index (χ1) is 14.8. The SMILES string of the molecule is Cc1ccc(C(=O)N2CCC(NC(=O)C(=O)c3c[nH]c4ccc(Br)cc34)CC2)c(Cl)c1. The van der Waals surface area contributed by atoms with Crippen LogP contribution in [0, 0.1) is 6.92 Å². The Kier molecular flexibility index (Phi) is 6.16. The standard InChI is InChI=1S/C23H21BrClN3O3/c1-13-2-4-16(19(25)10-13)23(31)28-8-6-15(7-9-28)27-22(30)21(29)18-12-26-20-5-3-14(24)11-17(18)20/h2-5,10-12,15,26H,6-9H2,1H3,(H,27,30). The smallest absolute Gasteiger partial charge is 0.292 e. The Labute approximate surface area is 193 Å². The van der Waals surface area contributed by atoms with Crippen LogP contribution in [0.3, 0.4) is 0 Å². The van der Waals surface area contributed by atoms with E-state index in [2.05, 4.69) is 26.2 Å². The number of piperidine rings is 1. The fourth-order valence-electron chi connectivity index (χ4n) is 3.84. The number of aryl methyl sites for hydroxylation is 1. The Balaban J connectivity index is 1.37. The number of nitrogens with one attached hydrogen (secondary N) is 2. The van der Waals surface area contributed by atoms with Crippen LogP contribution in [-0.4, -0.2) is 46.6 Å². The van der Waals surface area contributed by atoms with E-state index in [4.69, 9.17) is 11.6 Å². The van der Waals surface area contributed by atoms with Gasteiger partial charge in [0.05, 0.1) is 16.1 Å². The number of nitrogens with zero attached hydrogens (tertiary/aromatic N) is 1. The van der Waals surface area contributed by atoms with Crippen molar-refractivity contribution in [2.75, 3.05) is 13.1 Å². The van der Waals surface area contributed by atoms with E-state index in [0.717, 1.165) is 15.6 Å². The molecule has 0 bridgehead atoms. The number of carbonyl (C=O) groups excluding carboxylic acids is 3. The van der Waals surface area contributed by atoms with Gasteiger partial charge >= 0.3 is 0 Å². The van der Waals surface area contributed by atoms with Crippen LogP contribution in [0.5, 0.6) is 0 Å². The van der Waals surface area contributed by atoms with E-state index in [1.165, 1.54) is 0 Å². The van der Waals surface area contributed by atoms with Crippen LogP contribution in [0.4, 0.5) is 0 Å². The quantitative estimate of drug-likeness (QED) is 0.407. The first-order valence-electron chi connectivity index (χ1n) is 10.0. The maximum absolute atomic E-state index is 12.8. The summed E-state index contributed by atoms with van der Waals surface area (Å²) in [6, 6.07) is 10.7. The van der Waals surface area contributed by atoms with E-state index in [-0.39, 0.29) is 11.9 Å². The number of ketones is 1. The number of likely N-dealkylation sites (tertiary alicyclic amines) is 1. The number of benzene rings is 2. The van der Waals surface area contributed by atoms with Gasteiger partial charge in [-0.25, -0.2) is 0 Å². The third kappa shape index (κ3) is 4.52. The van der Waals surface area contributed by atoms with Crippen LogP contribution in [-0.2, 0) is 4.79 Å². The molecule has 6 nitrogen and oxygen atoms in total. The number of aromatic nitrogens is 1. The van der Waals surface area contributed by atoms with Gasteiger partial charge in [-0.1, -0.05) is 33.6 Å². The highest BCUT2D eigenvalue weighted by molar-refractivity contribution is 9.10. The van der Waals surface area contributed by atoms with Gasteiger partial charge in [0.2, 0.25) is 0 Å². The molecule has 1 fully saturated rings. The van der Waals surface area contributed by atoms with Crippen molar-refractivity contribution in [1.29, 1.82) is 0 Å². The highest BCUT2D eigenvalue weighted by atomic mass is 79.9. The Morgan fingerprint density at radius 1 is 1.10 bits per heavy atom. The Morgan fingerprint density at radius 2 is 1.84 bits per heavy atom. The summed E-state index contributed by atoms with van der Waals surface area (Å²) in [5, 5.41) is 3.97. The predicted octanol–water partition coefficient (Wildman–Crippen LogP) is 4.50. The minimum atomic E-state index is -0.632. The Bertz CT molecular complexity index is 1180. The number of Topliss-reactive ketones (excluding diaryl/α,β-unsaturated/α-hetero) is 1. The molecule has 2 amide bonds. The summed E-state index contributed by atoms with van der Waals surface area (Å²) in [5.41, 5.74) is 2.61. The van der Waals surface area contributed by atoms with Crippen molar-refractivity contribution in [2.24, 2.45) is 0 Å². The molecule has 2 N–H and O–H groups in total. The van der Waals surface area contributed by atoms with E-state index in [9.17, 15) is 14.4 Å². The summed E-state index contributed by atoms with van der Waals surface area (Å²) in [6.07, 6.45) is 2.72. The van der Waals surface area contributed by atoms with E-state index < -0.39 is 11.7 Å². The van der Waals surface area contributed by atoms with Crippen molar-refractivity contribution in [3.05, 3.63) is 68.8 Å². The van der Waals surface area contributed by atoms with Crippen molar-refractivity contribution >= 4 is 56.0 Å². The normalized spacial score (nSPS) is 14.6. The third-order valence-electron chi connectivity index (χ3n) is 5.57. The van der Waals surface area contributed by atoms with Crippen LogP contribution in [0.2, 0.25) is 5.02 Å². The van der Waals surface area contributed by atoms with Crippen molar-refractivity contribution in [1.82, 2.24) is 15.2 Å². The lowest BCUT2D eigenvalue weighted by molar-refractivity contribution is -0.117. The van der Waals surface area contributed by atoms with Crippen LogP contribution < -0.4 is 5.32 Å². The summed E-state index contributed by atoms with van der Waals surface area (Å²) >= 11 is 9.62. The van der Waals surface area contributed by atoms with Gasteiger partial charge in [-0.15, -0.1) is 0 Å². The molecule has 1 aromatic heterocycles. The zero-order chi connectivity index (χ0) is 22.1. The first kappa shape index (κ1) is 21.6. The number of carbonyl (C=O) groups is 3. The molecule has 8 heteroatoms. The molecule has 4 rings (SSSR count). The van der Waals surface area contributed by atoms with Gasteiger partial charge in [-0.3, -0.25) is 14.4 Å². The third-order valence-corrected chi connectivity index (χ3v) is 6.37. The molecule has 3 aromatic rings. The van der Waals surface area contributed by atoms with Crippen LogP contribution in [0.15, 0.2) is 47.1 Å². The summed E-state index contributed by atoms with van der Waals surface area (Å²) in [6.45, 7) is 2.90. The zero-order valence-corrected chi connectivity index (χ0v) is 19.2. The van der Waals surface area contributed by atoms with Gasteiger partial charge < -0.3 is 15.2 Å². The largest absolute Gasteiger partial charge is 0.360 e. The molecular formula is C23H21BrClN3O3. The van der Waals surface area contributed by atoms with Gasteiger partial charge in [-0.2, -0.15) is 0 Å². The average molecular weight is 503 g/mol. The Hall–Kier alpha value is -2.64. The van der Waals surface area contributed by atoms with Crippen molar-refractivity contribution < 1.29 is 14.4 Å². The van der Waals surface area contributed by atoms with Crippen LogP contribution in [0.25, 0.3) is 10.9 Å². The summed E-state index contributed by atoms with van der Waals surface area (Å²) in [4.78, 5) is 42.8. The van der Waals surface area contributed by atoms with Gasteiger partial charge in [0.15, 0.2) is 0 Å². The number of amides is 2. The van der Waals surface area contributed by atoms with E-state index in [1.54, 1.807) is 23.2 Å². The van der Waals surface area contributed by atoms with Crippen molar-refractivity contribution in [3.63, 3.8) is 0 Å². The lowest BCUT2D eigenvalue weighted by Gasteiger charge is -2.32. The molecule has 160 valence electrons. The summed E-state index contributed by atoms with van der Waals surface area (Å²) < 4.78 is 0.833. The van der Waals surface area contributed by atoms with Gasteiger partial charge in [0.25, 0.3) is 17.6 Å². The maximum atomic E-state index is 12.8. The number of fused-ring (bicyclic) bond motifs is 1. The highest BCUT2D eigenvalue weighted by Gasteiger charge is 2.28. The van der Waals surface area contributed by atoms with Crippen molar-refractivity contribution in [3.8, 4) is 0 Å². The minimum Gasteiger partial charge on any atom is -0.360 e. The summed E-state index contributed by atoms with van der Waals surface area (Å²) in [7, 11) is 0. The molecule has 0 atom stereocenters. The molecule has 0 radical (unpaired) electrons. The molecule has 2 heterocycles. The second kappa shape index (κ2) is 8.85. The molecule has 2 aromatic carbocycles. The average Bonchev–Trinajstić information content (AvgIpc) is 3.16. The second-order valence-corrected chi connectivity index (χ2v) is 9.07. The number of rotatable bonds is 4. The van der Waals surface area contributed by atoms with E-state index in [1.807, 2.05) is 31.2 Å². The monoisotopic (exact) mass is 501 g/mol. The number of hydrogen-bond donors (Lipinski definition) is 2. The zero-order valence-electron chi connectivity index (χ0n) is 16.9. The van der Waals surface area contributed by atoms with Crippen LogP contribution >= 0.6 is 27.5 Å². The lowest BCUT2D eigenvalue weighted by atomic mass is 10.0. The number of halogens is 2. The molecule has 0 saturated carbocycles. The Morgan fingerprint density at radius 3 is 2.55 bits per heavy atom. The van der Waals surface area contributed by atoms with E-state index >= 15 is 0 Å². The molecular weight excluding hydrogens is 482 g/mol. The minimum absolute atomic E-state index is 0.116. The number of H-pyrrole nitrogens is 1. The lowest BCUT2D eigenvalue weighted by Crippen LogP contribution is -2.48. The van der Waals surface area contributed by atoms with Gasteiger partial charge in [0.1, 0.15) is 0 Å². The fraction of sp³-hybridized carbons (Fsp3) is 0.261. The first-order valence-corrected chi connectivity index (χ1v) is 11.2. The van der Waals surface area contributed by atoms with Crippen LogP contribution in [0.1, 0.15) is 39.1 Å². The van der Waals surface area contributed by atoms with E-state index in [0.29, 0.717) is 47.5 Å². The maximum Gasteiger partial charge on any atom is 0.292 e. The number of aromatic amines is 1. The molecule has 0 spiro atoms. The molecule has 0 unspecified atom stereocenters. The second-order valence-electron chi connectivity index (χ2n) is 7.74.